The number of benzene rings is 1. The minimum atomic E-state index is -0.526. The molecule has 4 nitrogen and oxygen atoms in total. The van der Waals surface area contributed by atoms with E-state index in [0.29, 0.717) is 25.1 Å². The Kier molecular flexibility index (Phi) is 4.28. The van der Waals surface area contributed by atoms with Crippen LogP contribution in [-0.4, -0.2) is 25.5 Å². The molecule has 1 aromatic rings. The van der Waals surface area contributed by atoms with Gasteiger partial charge in [0.05, 0.1) is 5.41 Å². The summed E-state index contributed by atoms with van der Waals surface area (Å²) >= 11 is 0. The Labute approximate surface area is 119 Å². The molecule has 2 rings (SSSR count). The van der Waals surface area contributed by atoms with Crippen LogP contribution in [0.3, 0.4) is 0 Å². The lowest BCUT2D eigenvalue weighted by Crippen LogP contribution is -2.37. The molecule has 0 saturated carbocycles. The fourth-order valence-electron chi connectivity index (χ4n) is 2.64. The lowest BCUT2D eigenvalue weighted by Gasteiger charge is -2.25. The van der Waals surface area contributed by atoms with Crippen LogP contribution in [0, 0.1) is 11.2 Å². The van der Waals surface area contributed by atoms with Crippen molar-refractivity contribution in [2.24, 2.45) is 11.1 Å². The summed E-state index contributed by atoms with van der Waals surface area (Å²) in [5, 5.41) is 3.15. The van der Waals surface area contributed by atoms with Crippen LogP contribution >= 0.6 is 0 Å². The third-order valence-corrected chi connectivity index (χ3v) is 4.05. The van der Waals surface area contributed by atoms with Gasteiger partial charge in [-0.25, -0.2) is 4.39 Å². The highest BCUT2D eigenvalue weighted by atomic mass is 19.1. The number of amides is 1. The molecule has 1 aliphatic rings. The molecule has 1 aromatic carbocycles. The highest BCUT2D eigenvalue weighted by Gasteiger charge is 2.39. The summed E-state index contributed by atoms with van der Waals surface area (Å²) in [6, 6.07) is 5.09. The summed E-state index contributed by atoms with van der Waals surface area (Å²) in [7, 11) is 0. The fraction of sp³-hybridized carbons (Fsp3) is 0.533. The van der Waals surface area contributed by atoms with E-state index in [0.717, 1.165) is 18.8 Å². The Bertz CT molecular complexity index is 506. The molecule has 1 saturated heterocycles. The second-order valence-electron chi connectivity index (χ2n) is 5.61. The van der Waals surface area contributed by atoms with Gasteiger partial charge in [0, 0.05) is 30.9 Å². The summed E-state index contributed by atoms with van der Waals surface area (Å²) in [6.45, 7) is 6.40. The zero-order chi connectivity index (χ0) is 14.8. The Balaban J connectivity index is 2.25. The van der Waals surface area contributed by atoms with Crippen molar-refractivity contribution < 1.29 is 9.18 Å². The van der Waals surface area contributed by atoms with Gasteiger partial charge < -0.3 is 16.0 Å². The van der Waals surface area contributed by atoms with E-state index in [2.05, 4.69) is 10.2 Å². The number of nitrogens with two attached hydrogens (primary N) is 1. The molecule has 20 heavy (non-hydrogen) atoms. The van der Waals surface area contributed by atoms with Gasteiger partial charge in [-0.1, -0.05) is 13.0 Å². The number of carbonyl (C=O) groups excluding carboxylic acids is 1. The Hall–Kier alpha value is -1.62. The molecule has 0 bridgehead atoms. The second-order valence-corrected chi connectivity index (χ2v) is 5.61. The molecular weight excluding hydrogens is 257 g/mol. The molecule has 1 atom stereocenters. The summed E-state index contributed by atoms with van der Waals surface area (Å²) in [6.07, 6.45) is 0.708. The first kappa shape index (κ1) is 14.8. The molecule has 0 aliphatic carbocycles. The van der Waals surface area contributed by atoms with Crippen molar-refractivity contribution in [2.75, 3.05) is 24.5 Å². The Morgan fingerprint density at radius 3 is 2.90 bits per heavy atom. The van der Waals surface area contributed by atoms with Crippen molar-refractivity contribution in [3.05, 3.63) is 29.6 Å². The zero-order valence-electron chi connectivity index (χ0n) is 12.1. The minimum Gasteiger partial charge on any atom is -0.370 e. The van der Waals surface area contributed by atoms with Crippen molar-refractivity contribution in [3.8, 4) is 0 Å². The molecule has 0 spiro atoms. The minimum absolute atomic E-state index is 0.212. The van der Waals surface area contributed by atoms with E-state index in [4.69, 9.17) is 5.73 Å². The number of primary amides is 1. The van der Waals surface area contributed by atoms with Gasteiger partial charge in [-0.05, 0) is 32.0 Å². The quantitative estimate of drug-likeness (QED) is 0.861. The lowest BCUT2D eigenvalue weighted by molar-refractivity contribution is -0.125. The lowest BCUT2D eigenvalue weighted by atomic mass is 9.89. The van der Waals surface area contributed by atoms with Gasteiger partial charge in [0.25, 0.3) is 0 Å². The average molecular weight is 279 g/mol. The van der Waals surface area contributed by atoms with Crippen LogP contribution in [0.4, 0.5) is 10.1 Å². The first-order valence-corrected chi connectivity index (χ1v) is 7.01. The first-order valence-electron chi connectivity index (χ1n) is 7.01. The largest absolute Gasteiger partial charge is 0.370 e. The number of hydrogen-bond donors (Lipinski definition) is 2. The molecule has 1 amide bonds. The van der Waals surface area contributed by atoms with Crippen LogP contribution in [0.5, 0.6) is 0 Å². The maximum Gasteiger partial charge on any atom is 0.225 e. The molecule has 1 heterocycles. The van der Waals surface area contributed by atoms with Crippen molar-refractivity contribution in [2.45, 2.75) is 26.8 Å². The van der Waals surface area contributed by atoms with Crippen LogP contribution in [0.1, 0.15) is 25.8 Å². The molecule has 1 unspecified atom stereocenters. The Morgan fingerprint density at radius 1 is 1.55 bits per heavy atom. The van der Waals surface area contributed by atoms with Crippen LogP contribution < -0.4 is 16.0 Å². The molecule has 1 fully saturated rings. The number of nitrogens with one attached hydrogen (secondary N) is 1. The number of hydrogen-bond acceptors (Lipinski definition) is 3. The summed E-state index contributed by atoms with van der Waals surface area (Å²) in [5.41, 5.74) is 6.46. The number of rotatable bonds is 5. The van der Waals surface area contributed by atoms with Crippen LogP contribution in [-0.2, 0) is 11.3 Å². The summed E-state index contributed by atoms with van der Waals surface area (Å²) in [4.78, 5) is 13.6. The van der Waals surface area contributed by atoms with Crippen LogP contribution in [0.2, 0.25) is 0 Å². The van der Waals surface area contributed by atoms with E-state index < -0.39 is 5.41 Å². The normalized spacial score (nSPS) is 22.2. The maximum atomic E-state index is 14.0. The molecule has 0 aromatic heterocycles. The van der Waals surface area contributed by atoms with Gasteiger partial charge in [0.15, 0.2) is 0 Å². The van der Waals surface area contributed by atoms with Gasteiger partial charge >= 0.3 is 0 Å². The van der Waals surface area contributed by atoms with Gasteiger partial charge in [-0.15, -0.1) is 0 Å². The molecular formula is C15H22FN3O. The predicted molar refractivity (Wildman–Crippen MR) is 77.9 cm³/mol. The summed E-state index contributed by atoms with van der Waals surface area (Å²) < 4.78 is 14.0. The molecule has 5 heteroatoms. The van der Waals surface area contributed by atoms with E-state index >= 15 is 0 Å². The van der Waals surface area contributed by atoms with Crippen molar-refractivity contribution in [1.29, 1.82) is 0 Å². The first-order chi connectivity index (χ1) is 9.48. The van der Waals surface area contributed by atoms with Crippen LogP contribution in [0.15, 0.2) is 18.2 Å². The monoisotopic (exact) mass is 279 g/mol. The highest BCUT2D eigenvalue weighted by Crippen LogP contribution is 2.35. The molecule has 3 N–H and O–H groups in total. The van der Waals surface area contributed by atoms with E-state index in [1.807, 2.05) is 19.9 Å². The van der Waals surface area contributed by atoms with Gasteiger partial charge in [-0.3, -0.25) is 4.79 Å². The zero-order valence-corrected chi connectivity index (χ0v) is 12.1. The summed E-state index contributed by atoms with van der Waals surface area (Å²) in [5.74, 6) is -0.499. The standard InChI is InChI=1S/C15H22FN3O/c1-3-18-9-11-12(16)5-4-6-13(11)19-8-7-15(2,10-19)14(17)20/h4-6,18H,3,7-10H2,1-2H3,(H2,17,20). The van der Waals surface area contributed by atoms with Crippen LogP contribution in [0.25, 0.3) is 0 Å². The van der Waals surface area contributed by atoms with E-state index in [1.165, 1.54) is 6.07 Å². The van der Waals surface area contributed by atoms with Crippen molar-refractivity contribution in [1.82, 2.24) is 5.32 Å². The molecule has 110 valence electrons. The van der Waals surface area contributed by atoms with E-state index in [1.54, 1.807) is 6.07 Å². The van der Waals surface area contributed by atoms with Gasteiger partial charge in [0.2, 0.25) is 5.91 Å². The highest BCUT2D eigenvalue weighted by molar-refractivity contribution is 5.82. The topological polar surface area (TPSA) is 58.4 Å². The predicted octanol–water partition coefficient (Wildman–Crippen LogP) is 1.64. The number of anilines is 1. The smallest absolute Gasteiger partial charge is 0.225 e. The van der Waals surface area contributed by atoms with Gasteiger partial charge in [-0.2, -0.15) is 0 Å². The Morgan fingerprint density at radius 2 is 2.30 bits per heavy atom. The fourth-order valence-corrected chi connectivity index (χ4v) is 2.64. The number of carbonyl (C=O) groups is 1. The third kappa shape index (κ3) is 2.77. The maximum absolute atomic E-state index is 14.0. The van der Waals surface area contributed by atoms with Crippen molar-refractivity contribution >= 4 is 11.6 Å². The van der Waals surface area contributed by atoms with Crippen molar-refractivity contribution in [3.63, 3.8) is 0 Å². The number of nitrogens with zero attached hydrogens (tertiary/aromatic N) is 1. The number of halogens is 1. The third-order valence-electron chi connectivity index (χ3n) is 4.05. The average Bonchev–Trinajstić information content (AvgIpc) is 2.81. The van der Waals surface area contributed by atoms with E-state index in [9.17, 15) is 9.18 Å². The van der Waals surface area contributed by atoms with Gasteiger partial charge in [0.1, 0.15) is 5.82 Å². The second kappa shape index (κ2) is 5.79. The van der Waals surface area contributed by atoms with E-state index in [-0.39, 0.29) is 11.7 Å². The SMILES string of the molecule is CCNCc1c(F)cccc1N1CCC(C)(C(N)=O)C1. The molecule has 0 radical (unpaired) electrons. The molecule has 1 aliphatic heterocycles.